The van der Waals surface area contributed by atoms with Crippen molar-refractivity contribution in [1.29, 1.82) is 0 Å². The summed E-state index contributed by atoms with van der Waals surface area (Å²) in [6, 6.07) is 9.61. The zero-order valence-electron chi connectivity index (χ0n) is 11.1. The van der Waals surface area contributed by atoms with Crippen molar-refractivity contribution in [3.05, 3.63) is 52.5 Å². The molecule has 22 heavy (non-hydrogen) atoms. The fourth-order valence-corrected chi connectivity index (χ4v) is 3.18. The molecule has 1 aromatic carbocycles. The topological polar surface area (TPSA) is 98.0 Å². The summed E-state index contributed by atoms with van der Waals surface area (Å²) in [5.41, 5.74) is 6.10. The third kappa shape index (κ3) is 3.02. The lowest BCUT2D eigenvalue weighted by molar-refractivity contribution is 0.100. The summed E-state index contributed by atoms with van der Waals surface area (Å²) in [6.07, 6.45) is 2.86. The number of thiazole rings is 2. The molecule has 0 unspecified atom stereocenters. The lowest BCUT2D eigenvalue weighted by Crippen LogP contribution is -2.10. The Balaban J connectivity index is 1.75. The van der Waals surface area contributed by atoms with Gasteiger partial charge in [-0.15, -0.1) is 11.3 Å². The maximum absolute atomic E-state index is 12.1. The van der Waals surface area contributed by atoms with Gasteiger partial charge in [-0.1, -0.05) is 41.7 Å². The van der Waals surface area contributed by atoms with Gasteiger partial charge < -0.3 is 5.73 Å². The molecule has 3 aromatic rings. The molecule has 0 saturated heterocycles. The molecular formula is C14H10N4O2S2. The number of hydrogen-bond donors (Lipinski definition) is 2. The highest BCUT2D eigenvalue weighted by molar-refractivity contribution is 7.18. The van der Waals surface area contributed by atoms with Crippen molar-refractivity contribution in [3.63, 3.8) is 0 Å². The number of anilines is 1. The predicted octanol–water partition coefficient (Wildman–Crippen LogP) is 2.62. The summed E-state index contributed by atoms with van der Waals surface area (Å²) in [7, 11) is 0. The molecule has 3 rings (SSSR count). The Kier molecular flexibility index (Phi) is 3.94. The molecule has 110 valence electrons. The normalized spacial score (nSPS) is 10.4. The highest BCUT2D eigenvalue weighted by Crippen LogP contribution is 2.26. The van der Waals surface area contributed by atoms with Gasteiger partial charge in [0.15, 0.2) is 5.13 Å². The van der Waals surface area contributed by atoms with E-state index in [9.17, 15) is 9.59 Å². The zero-order valence-corrected chi connectivity index (χ0v) is 12.8. The average molecular weight is 330 g/mol. The third-order valence-electron chi connectivity index (χ3n) is 2.72. The molecule has 0 bridgehead atoms. The molecule has 2 aromatic heterocycles. The molecule has 0 saturated carbocycles. The van der Waals surface area contributed by atoms with Crippen LogP contribution < -0.4 is 11.1 Å². The number of primary amides is 1. The molecule has 0 spiro atoms. The van der Waals surface area contributed by atoms with Crippen LogP contribution in [0.15, 0.2) is 42.7 Å². The fraction of sp³-hybridized carbons (Fsp3) is 0. The molecule has 6 nitrogen and oxygen atoms in total. The minimum atomic E-state index is -0.567. The molecule has 0 aliphatic carbocycles. The van der Waals surface area contributed by atoms with Gasteiger partial charge in [-0.25, -0.2) is 9.97 Å². The van der Waals surface area contributed by atoms with E-state index in [2.05, 4.69) is 15.3 Å². The molecule has 2 heterocycles. The van der Waals surface area contributed by atoms with Gasteiger partial charge in [-0.3, -0.25) is 14.9 Å². The van der Waals surface area contributed by atoms with Crippen molar-refractivity contribution < 1.29 is 9.59 Å². The molecule has 0 radical (unpaired) electrons. The van der Waals surface area contributed by atoms with Crippen LogP contribution in [0.2, 0.25) is 0 Å². The second-order valence-electron chi connectivity index (χ2n) is 4.24. The fourth-order valence-electron chi connectivity index (χ4n) is 1.70. The first-order valence-electron chi connectivity index (χ1n) is 6.22. The number of benzene rings is 1. The van der Waals surface area contributed by atoms with E-state index in [-0.39, 0.29) is 5.91 Å². The standard InChI is InChI=1S/C14H10N4O2S2/c15-11(19)9-6-17-14(22-9)18-12(20)10-7-16-13(21-10)8-4-2-1-3-5-8/h1-7H,(H2,15,19)(H,17,18,20). The van der Waals surface area contributed by atoms with Crippen molar-refractivity contribution in [3.8, 4) is 10.6 Å². The lowest BCUT2D eigenvalue weighted by Gasteiger charge is -1.97. The van der Waals surface area contributed by atoms with Crippen LogP contribution in [0, 0.1) is 0 Å². The Morgan fingerprint density at radius 2 is 1.73 bits per heavy atom. The molecular weight excluding hydrogens is 320 g/mol. The van der Waals surface area contributed by atoms with Crippen molar-refractivity contribution in [2.45, 2.75) is 0 Å². The second kappa shape index (κ2) is 6.04. The average Bonchev–Trinajstić information content (AvgIpc) is 3.17. The largest absolute Gasteiger partial charge is 0.365 e. The minimum absolute atomic E-state index is 0.296. The summed E-state index contributed by atoms with van der Waals surface area (Å²) in [5.74, 6) is -0.882. The van der Waals surface area contributed by atoms with E-state index in [1.54, 1.807) is 0 Å². The highest BCUT2D eigenvalue weighted by Gasteiger charge is 2.14. The number of nitrogens with one attached hydrogen (secondary N) is 1. The quantitative estimate of drug-likeness (QED) is 0.768. The Morgan fingerprint density at radius 3 is 2.41 bits per heavy atom. The van der Waals surface area contributed by atoms with Gasteiger partial charge >= 0.3 is 0 Å². The first kappa shape index (κ1) is 14.4. The Bertz CT molecular complexity index is 826. The minimum Gasteiger partial charge on any atom is -0.365 e. The number of amides is 2. The van der Waals surface area contributed by atoms with Gasteiger partial charge in [0.05, 0.1) is 12.4 Å². The molecule has 0 aliphatic rings. The zero-order chi connectivity index (χ0) is 15.5. The SMILES string of the molecule is NC(=O)c1cnc(NC(=O)c2cnc(-c3ccccc3)s2)s1. The Hall–Kier alpha value is -2.58. The molecule has 0 fully saturated rings. The molecule has 0 aliphatic heterocycles. The second-order valence-corrected chi connectivity index (χ2v) is 6.31. The summed E-state index contributed by atoms with van der Waals surface area (Å²) in [5, 5.41) is 3.72. The van der Waals surface area contributed by atoms with Crippen LogP contribution in [0.3, 0.4) is 0 Å². The molecule has 0 atom stereocenters. The van der Waals surface area contributed by atoms with Crippen LogP contribution >= 0.6 is 22.7 Å². The smallest absolute Gasteiger partial charge is 0.269 e. The molecule has 2 amide bonds. The van der Waals surface area contributed by atoms with Gasteiger partial charge in [-0.05, 0) is 0 Å². The van der Waals surface area contributed by atoms with E-state index in [1.807, 2.05) is 30.3 Å². The third-order valence-corrected chi connectivity index (χ3v) is 4.69. The summed E-state index contributed by atoms with van der Waals surface area (Å²) in [6.45, 7) is 0. The van der Waals surface area contributed by atoms with Gasteiger partial charge in [0.25, 0.3) is 11.8 Å². The van der Waals surface area contributed by atoms with Crippen molar-refractivity contribution >= 4 is 39.6 Å². The summed E-state index contributed by atoms with van der Waals surface area (Å²) < 4.78 is 0. The lowest BCUT2D eigenvalue weighted by atomic mass is 10.2. The van der Waals surface area contributed by atoms with Gasteiger partial charge in [0.1, 0.15) is 14.8 Å². The number of hydrogen-bond acceptors (Lipinski definition) is 6. The predicted molar refractivity (Wildman–Crippen MR) is 86.1 cm³/mol. The maximum Gasteiger partial charge on any atom is 0.269 e. The number of nitrogens with two attached hydrogens (primary N) is 1. The van der Waals surface area contributed by atoms with Crippen molar-refractivity contribution in [2.75, 3.05) is 5.32 Å². The van der Waals surface area contributed by atoms with E-state index < -0.39 is 5.91 Å². The first-order chi connectivity index (χ1) is 10.6. The highest BCUT2D eigenvalue weighted by atomic mass is 32.1. The van der Waals surface area contributed by atoms with Gasteiger partial charge in [0.2, 0.25) is 0 Å². The molecule has 3 N–H and O–H groups in total. The Labute approximate surface area is 133 Å². The Morgan fingerprint density at radius 1 is 1.00 bits per heavy atom. The van der Waals surface area contributed by atoms with Gasteiger partial charge in [0, 0.05) is 5.56 Å². The maximum atomic E-state index is 12.1. The summed E-state index contributed by atoms with van der Waals surface area (Å²) >= 11 is 2.32. The number of nitrogens with zero attached hydrogens (tertiary/aromatic N) is 2. The van der Waals surface area contributed by atoms with Gasteiger partial charge in [-0.2, -0.15) is 0 Å². The van der Waals surface area contributed by atoms with Crippen LogP contribution in [0.1, 0.15) is 19.3 Å². The van der Waals surface area contributed by atoms with Crippen LogP contribution in [-0.2, 0) is 0 Å². The van der Waals surface area contributed by atoms with Crippen LogP contribution in [0.5, 0.6) is 0 Å². The first-order valence-corrected chi connectivity index (χ1v) is 7.85. The van der Waals surface area contributed by atoms with E-state index in [0.717, 1.165) is 21.9 Å². The van der Waals surface area contributed by atoms with E-state index in [4.69, 9.17) is 5.73 Å². The summed E-state index contributed by atoms with van der Waals surface area (Å²) in [4.78, 5) is 32.1. The van der Waals surface area contributed by atoms with E-state index in [1.165, 1.54) is 23.7 Å². The number of rotatable bonds is 4. The van der Waals surface area contributed by atoms with E-state index in [0.29, 0.717) is 14.9 Å². The van der Waals surface area contributed by atoms with E-state index >= 15 is 0 Å². The molecule has 8 heteroatoms. The van der Waals surface area contributed by atoms with Crippen LogP contribution in [0.25, 0.3) is 10.6 Å². The van der Waals surface area contributed by atoms with Crippen molar-refractivity contribution in [1.82, 2.24) is 9.97 Å². The van der Waals surface area contributed by atoms with Crippen LogP contribution in [0.4, 0.5) is 5.13 Å². The van der Waals surface area contributed by atoms with Crippen molar-refractivity contribution in [2.24, 2.45) is 5.73 Å². The number of aromatic nitrogens is 2. The van der Waals surface area contributed by atoms with Crippen LogP contribution in [-0.4, -0.2) is 21.8 Å². The number of carbonyl (C=O) groups excluding carboxylic acids is 2. The monoisotopic (exact) mass is 330 g/mol. The number of carbonyl (C=O) groups is 2.